The molecular weight excluding hydrogens is 420 g/mol. The number of methoxy groups -OCH3 is 1. The summed E-state index contributed by atoms with van der Waals surface area (Å²) in [6.45, 7) is 4.72. The summed E-state index contributed by atoms with van der Waals surface area (Å²) in [6, 6.07) is 12.0. The van der Waals surface area contributed by atoms with Crippen LogP contribution in [0.25, 0.3) is 0 Å². The van der Waals surface area contributed by atoms with E-state index in [1.54, 1.807) is 13.0 Å². The molecule has 2 aromatic rings. The largest absolute Gasteiger partial charge is 0.496 e. The van der Waals surface area contributed by atoms with Crippen molar-refractivity contribution in [2.24, 2.45) is 0 Å². The number of rotatable bonds is 5. The number of nitro groups is 1. The van der Waals surface area contributed by atoms with E-state index < -0.39 is 10.5 Å². The number of amides is 1. The molecule has 162 valence electrons. The predicted molar refractivity (Wildman–Crippen MR) is 120 cm³/mol. The Kier molecular flexibility index (Phi) is 5.50. The van der Waals surface area contributed by atoms with Gasteiger partial charge in [0.15, 0.2) is 5.11 Å². The van der Waals surface area contributed by atoms with E-state index in [2.05, 4.69) is 10.2 Å². The first-order valence-corrected chi connectivity index (χ1v) is 10.2. The van der Waals surface area contributed by atoms with Crippen LogP contribution in [0, 0.1) is 10.1 Å². The van der Waals surface area contributed by atoms with Crippen molar-refractivity contribution < 1.29 is 19.2 Å². The number of thiocarbonyl (C=S) groups is 1. The van der Waals surface area contributed by atoms with Gasteiger partial charge in [-0.3, -0.25) is 14.9 Å². The predicted octanol–water partition coefficient (Wildman–Crippen LogP) is 2.58. The van der Waals surface area contributed by atoms with Crippen LogP contribution >= 0.6 is 12.2 Å². The van der Waals surface area contributed by atoms with Gasteiger partial charge in [-0.2, -0.15) is 0 Å². The molecule has 9 nitrogen and oxygen atoms in total. The van der Waals surface area contributed by atoms with E-state index in [1.165, 1.54) is 24.1 Å². The van der Waals surface area contributed by atoms with E-state index >= 15 is 0 Å². The highest BCUT2D eigenvalue weighted by Crippen LogP contribution is 2.38. The molecule has 2 saturated heterocycles. The Balaban J connectivity index is 1.65. The summed E-state index contributed by atoms with van der Waals surface area (Å²) in [5.41, 5.74) is 0.460. The van der Waals surface area contributed by atoms with Gasteiger partial charge >= 0.3 is 0 Å². The molecule has 1 N–H and O–H groups in total. The van der Waals surface area contributed by atoms with Gasteiger partial charge in [0.05, 0.1) is 31.3 Å². The second kappa shape index (κ2) is 8.12. The number of nitrogens with zero attached hydrogens (tertiary/aromatic N) is 3. The minimum absolute atomic E-state index is 0.0990. The van der Waals surface area contributed by atoms with E-state index in [-0.39, 0.29) is 22.4 Å². The van der Waals surface area contributed by atoms with Crippen molar-refractivity contribution in [3.8, 4) is 5.75 Å². The molecule has 2 aliphatic rings. The summed E-state index contributed by atoms with van der Waals surface area (Å²) < 4.78 is 10.5. The maximum atomic E-state index is 13.4. The molecule has 0 bridgehead atoms. The molecule has 0 aromatic heterocycles. The highest BCUT2D eigenvalue weighted by Gasteiger charge is 2.49. The molecule has 10 heteroatoms. The Labute approximate surface area is 184 Å². The minimum atomic E-state index is -1.14. The monoisotopic (exact) mass is 442 g/mol. The molecule has 31 heavy (non-hydrogen) atoms. The Morgan fingerprint density at radius 1 is 1.19 bits per heavy atom. The third-order valence-electron chi connectivity index (χ3n) is 5.63. The van der Waals surface area contributed by atoms with Gasteiger partial charge in [-0.15, -0.1) is 0 Å². The SMILES string of the molecule is COc1ccc(N2C(=O)C(C)(c3ccc(N4CCOCC4)cc3)NC2=S)c([N+](=O)[O-])c1. The molecule has 0 radical (unpaired) electrons. The molecule has 0 saturated carbocycles. The standard InChI is InChI=1S/C21H22N4O5S/c1-21(14-3-5-15(6-4-14)23-9-11-30-12-10-23)19(26)24(20(31)22-21)17-8-7-16(29-2)13-18(17)25(27)28/h3-8,13H,9-12H2,1-2H3,(H,22,31). The number of benzene rings is 2. The third-order valence-corrected chi connectivity index (χ3v) is 5.92. The Morgan fingerprint density at radius 3 is 2.48 bits per heavy atom. The van der Waals surface area contributed by atoms with Crippen LogP contribution in [0.2, 0.25) is 0 Å². The number of hydrogen-bond acceptors (Lipinski definition) is 7. The number of morpholine rings is 1. The Morgan fingerprint density at radius 2 is 1.87 bits per heavy atom. The average molecular weight is 442 g/mol. The van der Waals surface area contributed by atoms with E-state index in [1.807, 2.05) is 24.3 Å². The number of ether oxygens (including phenoxy) is 2. The molecular formula is C21H22N4O5S. The van der Waals surface area contributed by atoms with Crippen molar-refractivity contribution in [3.05, 3.63) is 58.1 Å². The second-order valence-corrected chi connectivity index (χ2v) is 7.84. The molecule has 2 fully saturated rings. The highest BCUT2D eigenvalue weighted by molar-refractivity contribution is 7.80. The van der Waals surface area contributed by atoms with Crippen molar-refractivity contribution in [1.82, 2.24) is 5.32 Å². The van der Waals surface area contributed by atoms with Crippen molar-refractivity contribution in [2.75, 3.05) is 43.2 Å². The number of anilines is 2. The summed E-state index contributed by atoms with van der Waals surface area (Å²) in [5, 5.41) is 14.8. The zero-order chi connectivity index (χ0) is 22.2. The summed E-state index contributed by atoms with van der Waals surface area (Å²) in [7, 11) is 1.42. The first-order valence-electron chi connectivity index (χ1n) is 9.77. The van der Waals surface area contributed by atoms with Crippen molar-refractivity contribution in [2.45, 2.75) is 12.5 Å². The molecule has 1 unspecified atom stereocenters. The Bertz CT molecular complexity index is 1040. The quantitative estimate of drug-likeness (QED) is 0.429. The fourth-order valence-electron chi connectivity index (χ4n) is 3.85. The van der Waals surface area contributed by atoms with Gasteiger partial charge in [-0.05, 0) is 49.0 Å². The lowest BCUT2D eigenvalue weighted by molar-refractivity contribution is -0.384. The lowest BCUT2D eigenvalue weighted by Crippen LogP contribution is -2.41. The summed E-state index contributed by atoms with van der Waals surface area (Å²) >= 11 is 5.40. The van der Waals surface area contributed by atoms with Gasteiger partial charge < -0.3 is 19.7 Å². The van der Waals surface area contributed by atoms with Crippen LogP contribution in [0.5, 0.6) is 5.75 Å². The summed E-state index contributed by atoms with van der Waals surface area (Å²) in [4.78, 5) is 27.9. The lowest BCUT2D eigenvalue weighted by atomic mass is 9.91. The van der Waals surface area contributed by atoms with Gasteiger partial charge in [0.2, 0.25) is 0 Å². The van der Waals surface area contributed by atoms with Crippen LogP contribution in [0.4, 0.5) is 17.1 Å². The van der Waals surface area contributed by atoms with Crippen LogP contribution in [0.3, 0.4) is 0 Å². The summed E-state index contributed by atoms with van der Waals surface area (Å²) in [6.07, 6.45) is 0. The average Bonchev–Trinajstić information content (AvgIpc) is 3.02. The molecule has 2 aliphatic heterocycles. The first kappa shape index (κ1) is 21.0. The zero-order valence-corrected chi connectivity index (χ0v) is 18.0. The lowest BCUT2D eigenvalue weighted by Gasteiger charge is -2.29. The molecule has 0 spiro atoms. The smallest absolute Gasteiger partial charge is 0.297 e. The molecule has 1 amide bonds. The highest BCUT2D eigenvalue weighted by atomic mass is 32.1. The molecule has 4 rings (SSSR count). The molecule has 2 heterocycles. The van der Waals surface area contributed by atoms with E-state index in [4.69, 9.17) is 21.7 Å². The fourth-order valence-corrected chi connectivity index (χ4v) is 4.23. The molecule has 0 aliphatic carbocycles. The van der Waals surface area contributed by atoms with Crippen LogP contribution in [-0.4, -0.2) is 49.4 Å². The fraction of sp³-hybridized carbons (Fsp3) is 0.333. The van der Waals surface area contributed by atoms with Crippen LogP contribution in [0.1, 0.15) is 12.5 Å². The van der Waals surface area contributed by atoms with Crippen LogP contribution in [0.15, 0.2) is 42.5 Å². The van der Waals surface area contributed by atoms with Gasteiger partial charge in [-0.25, -0.2) is 4.90 Å². The van der Waals surface area contributed by atoms with Crippen molar-refractivity contribution in [3.63, 3.8) is 0 Å². The number of carbonyl (C=O) groups excluding carboxylic acids is 1. The number of hydrogen-bond donors (Lipinski definition) is 1. The Hall–Kier alpha value is -3.24. The van der Waals surface area contributed by atoms with E-state index in [0.29, 0.717) is 19.0 Å². The van der Waals surface area contributed by atoms with E-state index in [0.717, 1.165) is 24.3 Å². The topological polar surface area (TPSA) is 97.2 Å². The van der Waals surface area contributed by atoms with Crippen molar-refractivity contribution >= 4 is 40.3 Å². The number of nitro benzene ring substituents is 1. The molecule has 1 atom stereocenters. The zero-order valence-electron chi connectivity index (χ0n) is 17.2. The van der Waals surface area contributed by atoms with Gasteiger partial charge in [0.1, 0.15) is 17.0 Å². The third kappa shape index (κ3) is 3.68. The van der Waals surface area contributed by atoms with Gasteiger partial charge in [0, 0.05) is 18.8 Å². The van der Waals surface area contributed by atoms with Crippen molar-refractivity contribution in [1.29, 1.82) is 0 Å². The van der Waals surface area contributed by atoms with Crippen LogP contribution < -0.4 is 19.9 Å². The van der Waals surface area contributed by atoms with Gasteiger partial charge in [0.25, 0.3) is 11.6 Å². The maximum absolute atomic E-state index is 13.4. The first-order chi connectivity index (χ1) is 14.8. The number of nitrogens with one attached hydrogen (secondary N) is 1. The maximum Gasteiger partial charge on any atom is 0.297 e. The number of carbonyl (C=O) groups is 1. The normalized spacial score (nSPS) is 21.2. The summed E-state index contributed by atoms with van der Waals surface area (Å²) in [5.74, 6) is -0.0627. The van der Waals surface area contributed by atoms with Crippen LogP contribution in [-0.2, 0) is 15.1 Å². The second-order valence-electron chi connectivity index (χ2n) is 7.45. The minimum Gasteiger partial charge on any atom is -0.496 e. The van der Waals surface area contributed by atoms with E-state index in [9.17, 15) is 14.9 Å². The van der Waals surface area contributed by atoms with Gasteiger partial charge in [-0.1, -0.05) is 12.1 Å². The molecule has 2 aromatic carbocycles.